The maximum Gasteiger partial charge on any atom is 0.317 e. The van der Waals surface area contributed by atoms with Crippen LogP contribution in [0.15, 0.2) is 24.3 Å². The van der Waals surface area contributed by atoms with Gasteiger partial charge in [0.05, 0.1) is 0 Å². The SMILES string of the molecule is CCCNC(=O)N1CCN(CCOc2ccc(F)cc2)CC1. The first kappa shape index (κ1) is 16.5. The molecule has 0 unspecified atom stereocenters. The third-order valence-electron chi connectivity index (χ3n) is 3.68. The average molecular weight is 309 g/mol. The molecule has 1 aliphatic rings. The van der Waals surface area contributed by atoms with Crippen molar-refractivity contribution in [2.75, 3.05) is 45.9 Å². The molecular weight excluding hydrogens is 285 g/mol. The molecule has 1 aliphatic heterocycles. The zero-order chi connectivity index (χ0) is 15.8. The van der Waals surface area contributed by atoms with Crippen LogP contribution in [0.25, 0.3) is 0 Å². The van der Waals surface area contributed by atoms with Crippen LogP contribution >= 0.6 is 0 Å². The van der Waals surface area contributed by atoms with Crippen molar-refractivity contribution >= 4 is 6.03 Å². The second-order valence-electron chi connectivity index (χ2n) is 5.36. The van der Waals surface area contributed by atoms with E-state index in [-0.39, 0.29) is 11.8 Å². The van der Waals surface area contributed by atoms with Crippen molar-refractivity contribution in [3.05, 3.63) is 30.1 Å². The fourth-order valence-electron chi connectivity index (χ4n) is 2.34. The van der Waals surface area contributed by atoms with Crippen molar-refractivity contribution in [2.45, 2.75) is 13.3 Å². The maximum absolute atomic E-state index is 12.8. The standard InChI is InChI=1S/C16H24FN3O2/c1-2-7-18-16(21)20-10-8-19(9-11-20)12-13-22-15-5-3-14(17)4-6-15/h3-6H,2,7-13H2,1H3,(H,18,21). The predicted molar refractivity (Wildman–Crippen MR) is 83.6 cm³/mol. The molecule has 6 heteroatoms. The third kappa shape index (κ3) is 5.18. The van der Waals surface area contributed by atoms with E-state index in [0.29, 0.717) is 12.4 Å². The van der Waals surface area contributed by atoms with E-state index >= 15 is 0 Å². The number of amides is 2. The molecule has 0 bridgehead atoms. The lowest BCUT2D eigenvalue weighted by molar-refractivity contribution is 0.126. The zero-order valence-corrected chi connectivity index (χ0v) is 13.1. The Morgan fingerprint density at radius 1 is 1.23 bits per heavy atom. The molecule has 1 fully saturated rings. The third-order valence-corrected chi connectivity index (χ3v) is 3.68. The number of urea groups is 1. The fraction of sp³-hybridized carbons (Fsp3) is 0.562. The molecule has 0 saturated carbocycles. The normalized spacial score (nSPS) is 15.6. The number of carbonyl (C=O) groups excluding carboxylic acids is 1. The number of nitrogens with zero attached hydrogens (tertiary/aromatic N) is 2. The Labute approximate surface area is 131 Å². The quantitative estimate of drug-likeness (QED) is 0.873. The number of benzene rings is 1. The first-order chi connectivity index (χ1) is 10.7. The average Bonchev–Trinajstić information content (AvgIpc) is 2.55. The molecule has 1 saturated heterocycles. The lowest BCUT2D eigenvalue weighted by atomic mass is 10.3. The van der Waals surface area contributed by atoms with Crippen LogP contribution in [0, 0.1) is 5.82 Å². The minimum absolute atomic E-state index is 0.0315. The first-order valence-corrected chi connectivity index (χ1v) is 7.82. The lowest BCUT2D eigenvalue weighted by Crippen LogP contribution is -2.52. The summed E-state index contributed by atoms with van der Waals surface area (Å²) in [6.45, 7) is 7.33. The second-order valence-corrected chi connectivity index (χ2v) is 5.36. The highest BCUT2D eigenvalue weighted by atomic mass is 19.1. The number of halogens is 1. The van der Waals surface area contributed by atoms with Gasteiger partial charge in [-0.1, -0.05) is 6.92 Å². The summed E-state index contributed by atoms with van der Waals surface area (Å²) in [5.41, 5.74) is 0. The van der Waals surface area contributed by atoms with Crippen LogP contribution in [-0.2, 0) is 0 Å². The Morgan fingerprint density at radius 2 is 1.91 bits per heavy atom. The Bertz CT molecular complexity index is 459. The van der Waals surface area contributed by atoms with Crippen LogP contribution in [0.2, 0.25) is 0 Å². The summed E-state index contributed by atoms with van der Waals surface area (Å²) < 4.78 is 18.4. The van der Waals surface area contributed by atoms with Gasteiger partial charge in [-0.25, -0.2) is 9.18 Å². The van der Waals surface area contributed by atoms with Gasteiger partial charge in [-0.15, -0.1) is 0 Å². The fourth-order valence-corrected chi connectivity index (χ4v) is 2.34. The molecule has 1 N–H and O–H groups in total. The molecule has 0 aliphatic carbocycles. The van der Waals surface area contributed by atoms with Gasteiger partial charge in [-0.05, 0) is 30.7 Å². The molecule has 5 nitrogen and oxygen atoms in total. The van der Waals surface area contributed by atoms with Crippen LogP contribution in [0.5, 0.6) is 5.75 Å². The van der Waals surface area contributed by atoms with Gasteiger partial charge in [0.25, 0.3) is 0 Å². The van der Waals surface area contributed by atoms with Crippen molar-refractivity contribution < 1.29 is 13.9 Å². The van der Waals surface area contributed by atoms with Gasteiger partial charge in [0.2, 0.25) is 0 Å². The second kappa shape index (κ2) is 8.58. The van der Waals surface area contributed by atoms with Crippen molar-refractivity contribution in [3.63, 3.8) is 0 Å². The molecule has 1 aromatic rings. The molecular formula is C16H24FN3O2. The molecule has 1 heterocycles. The smallest absolute Gasteiger partial charge is 0.317 e. The van der Waals surface area contributed by atoms with E-state index in [0.717, 1.165) is 45.7 Å². The molecule has 0 aromatic heterocycles. The molecule has 2 amide bonds. The Kier molecular flexibility index (Phi) is 6.45. The van der Waals surface area contributed by atoms with Crippen molar-refractivity contribution in [2.24, 2.45) is 0 Å². The van der Waals surface area contributed by atoms with Crippen molar-refractivity contribution in [3.8, 4) is 5.75 Å². The number of piperazine rings is 1. The van der Waals surface area contributed by atoms with Crippen molar-refractivity contribution in [1.82, 2.24) is 15.1 Å². The number of hydrogen-bond donors (Lipinski definition) is 1. The summed E-state index contributed by atoms with van der Waals surface area (Å²) in [5.74, 6) is 0.420. The topological polar surface area (TPSA) is 44.8 Å². The summed E-state index contributed by atoms with van der Waals surface area (Å²) in [7, 11) is 0. The van der Waals surface area contributed by atoms with Gasteiger partial charge < -0.3 is 15.0 Å². The Hall–Kier alpha value is -1.82. The van der Waals surface area contributed by atoms with Crippen LogP contribution in [-0.4, -0.2) is 61.7 Å². The molecule has 0 atom stereocenters. The van der Waals surface area contributed by atoms with Crippen LogP contribution < -0.4 is 10.1 Å². The summed E-state index contributed by atoms with van der Waals surface area (Å²) in [4.78, 5) is 16.0. The molecule has 0 spiro atoms. The molecule has 122 valence electrons. The number of nitrogens with one attached hydrogen (secondary N) is 1. The minimum atomic E-state index is -0.259. The molecule has 2 rings (SSSR count). The summed E-state index contributed by atoms with van der Waals surface area (Å²) in [5, 5.41) is 2.90. The van der Waals surface area contributed by atoms with Crippen LogP contribution in [0.4, 0.5) is 9.18 Å². The summed E-state index contributed by atoms with van der Waals surface area (Å²) >= 11 is 0. The highest BCUT2D eigenvalue weighted by Crippen LogP contribution is 2.11. The van der Waals surface area contributed by atoms with Gasteiger partial charge >= 0.3 is 6.03 Å². The summed E-state index contributed by atoms with van der Waals surface area (Å²) in [6.07, 6.45) is 0.951. The lowest BCUT2D eigenvalue weighted by Gasteiger charge is -2.34. The largest absolute Gasteiger partial charge is 0.492 e. The van der Waals surface area contributed by atoms with Gasteiger partial charge in [-0.3, -0.25) is 4.90 Å². The predicted octanol–water partition coefficient (Wildman–Crippen LogP) is 1.94. The van der Waals surface area contributed by atoms with Gasteiger partial charge in [0.15, 0.2) is 0 Å². The number of hydrogen-bond acceptors (Lipinski definition) is 3. The van der Waals surface area contributed by atoms with Gasteiger partial charge in [-0.2, -0.15) is 0 Å². The number of rotatable bonds is 6. The Morgan fingerprint density at radius 3 is 2.55 bits per heavy atom. The van der Waals surface area contributed by atoms with E-state index in [1.165, 1.54) is 12.1 Å². The monoisotopic (exact) mass is 309 g/mol. The van der Waals surface area contributed by atoms with Crippen molar-refractivity contribution in [1.29, 1.82) is 0 Å². The van der Waals surface area contributed by atoms with Crippen LogP contribution in [0.3, 0.4) is 0 Å². The maximum atomic E-state index is 12.8. The van der Waals surface area contributed by atoms with E-state index in [9.17, 15) is 9.18 Å². The van der Waals surface area contributed by atoms with Gasteiger partial charge in [0.1, 0.15) is 18.2 Å². The molecule has 22 heavy (non-hydrogen) atoms. The first-order valence-electron chi connectivity index (χ1n) is 7.82. The summed E-state index contributed by atoms with van der Waals surface area (Å²) in [6, 6.07) is 6.08. The van der Waals surface area contributed by atoms with E-state index in [1.54, 1.807) is 12.1 Å². The Balaban J connectivity index is 1.63. The van der Waals surface area contributed by atoms with Crippen LogP contribution in [0.1, 0.15) is 13.3 Å². The zero-order valence-electron chi connectivity index (χ0n) is 13.1. The number of carbonyl (C=O) groups is 1. The van der Waals surface area contributed by atoms with Gasteiger partial charge in [0, 0.05) is 39.3 Å². The van der Waals surface area contributed by atoms with E-state index < -0.39 is 0 Å². The van der Waals surface area contributed by atoms with E-state index in [1.807, 2.05) is 11.8 Å². The minimum Gasteiger partial charge on any atom is -0.492 e. The molecule has 1 aromatic carbocycles. The highest BCUT2D eigenvalue weighted by Gasteiger charge is 2.20. The number of ether oxygens (including phenoxy) is 1. The molecule has 0 radical (unpaired) electrons. The van der Waals surface area contributed by atoms with E-state index in [2.05, 4.69) is 10.2 Å². The highest BCUT2D eigenvalue weighted by molar-refractivity contribution is 5.74. The van der Waals surface area contributed by atoms with E-state index in [4.69, 9.17) is 4.74 Å².